The summed E-state index contributed by atoms with van der Waals surface area (Å²) in [4.78, 5) is 74.0. The van der Waals surface area contributed by atoms with Crippen molar-refractivity contribution < 1.29 is 33.9 Å². The molecule has 1 heterocycles. The van der Waals surface area contributed by atoms with Gasteiger partial charge in [-0.2, -0.15) is 0 Å². The number of likely N-dealkylation sites (N-methyl/N-ethyl adjacent to an activating group) is 1. The Morgan fingerprint density at radius 1 is 1.11 bits per heavy atom. The van der Waals surface area contributed by atoms with E-state index >= 15 is 0 Å². The molecule has 0 bridgehead atoms. The second-order valence-corrected chi connectivity index (χ2v) is 10.3. The number of carbonyl (C=O) groups excluding carboxylic acids is 5. The number of carbonyl (C=O) groups is 6. The average molecular weight is 651 g/mol. The van der Waals surface area contributed by atoms with Crippen LogP contribution in [0.4, 0.5) is 0 Å². The van der Waals surface area contributed by atoms with Crippen molar-refractivity contribution in [1.82, 2.24) is 26.2 Å². The number of aryl methyl sites for hydroxylation is 1. The zero-order valence-corrected chi connectivity index (χ0v) is 26.8. The Labute approximate surface area is 269 Å². The number of nitrogens with one attached hydrogen (secondary N) is 3. The summed E-state index contributed by atoms with van der Waals surface area (Å²) in [7, 11) is 1.54. The molecule has 1 aliphatic rings. The highest BCUT2D eigenvalue weighted by Crippen LogP contribution is 2.23. The number of aliphatic carboxylic acids is 1. The van der Waals surface area contributed by atoms with Crippen LogP contribution in [0, 0.1) is 12.8 Å². The Kier molecular flexibility index (Phi) is 21.4. The number of aldehydes is 1. The highest BCUT2D eigenvalue weighted by Gasteiger charge is 2.41. The number of amides is 4. The molecule has 2 rings (SSSR count). The smallest absolute Gasteiger partial charge is 0.305 e. The van der Waals surface area contributed by atoms with Crippen molar-refractivity contribution in [2.45, 2.75) is 70.5 Å². The number of carboxylic acids is 1. The van der Waals surface area contributed by atoms with Crippen LogP contribution < -0.4 is 39.1 Å². The van der Waals surface area contributed by atoms with Gasteiger partial charge in [0.15, 0.2) is 5.96 Å². The molecule has 258 valence electrons. The zero-order valence-electron chi connectivity index (χ0n) is 26.8. The lowest BCUT2D eigenvalue weighted by atomic mass is 9.91. The van der Waals surface area contributed by atoms with Gasteiger partial charge < -0.3 is 43.5 Å². The molecule has 1 aliphatic heterocycles. The van der Waals surface area contributed by atoms with Gasteiger partial charge >= 0.3 is 5.97 Å². The van der Waals surface area contributed by atoms with Crippen LogP contribution in [0.5, 0.6) is 0 Å². The maximum absolute atomic E-state index is 13.1. The molecule has 0 aromatic heterocycles. The molecule has 1 fully saturated rings. The van der Waals surface area contributed by atoms with Gasteiger partial charge in [0, 0.05) is 12.5 Å². The number of hydrazine groups is 2. The van der Waals surface area contributed by atoms with Crippen LogP contribution in [0.1, 0.15) is 51.0 Å². The fraction of sp³-hybridized carbons (Fsp3) is 0.552. The molecule has 1 saturated heterocycles. The van der Waals surface area contributed by atoms with Gasteiger partial charge in [-0.1, -0.05) is 42.3 Å². The first kappa shape index (κ1) is 41.4. The Balaban J connectivity index is 0.00000172. The molecule has 1 aromatic carbocycles. The van der Waals surface area contributed by atoms with Gasteiger partial charge in [0.05, 0.1) is 18.5 Å². The summed E-state index contributed by atoms with van der Waals surface area (Å²) in [5, 5.41) is 16.5. The maximum Gasteiger partial charge on any atom is 0.305 e. The zero-order chi connectivity index (χ0) is 35.1. The van der Waals surface area contributed by atoms with Crippen LogP contribution in [0.2, 0.25) is 0 Å². The number of hydrogen-bond acceptors (Lipinski definition) is 10. The van der Waals surface area contributed by atoms with E-state index in [1.54, 1.807) is 14.0 Å². The van der Waals surface area contributed by atoms with E-state index in [9.17, 15) is 29.1 Å². The fourth-order valence-electron chi connectivity index (χ4n) is 4.26. The van der Waals surface area contributed by atoms with E-state index in [-0.39, 0.29) is 18.9 Å². The van der Waals surface area contributed by atoms with Crippen molar-refractivity contribution >= 4 is 42.3 Å². The van der Waals surface area contributed by atoms with Gasteiger partial charge in [-0.05, 0) is 53.1 Å². The highest BCUT2D eigenvalue weighted by molar-refractivity contribution is 5.94. The van der Waals surface area contributed by atoms with E-state index in [0.717, 1.165) is 11.3 Å². The van der Waals surface area contributed by atoms with Crippen molar-refractivity contribution in [3.05, 3.63) is 35.9 Å². The monoisotopic (exact) mass is 650 g/mol. The van der Waals surface area contributed by atoms with Crippen LogP contribution in [-0.2, 0) is 28.8 Å². The largest absolute Gasteiger partial charge is 0.481 e. The molecular weight excluding hydrogens is 600 g/mol. The second kappa shape index (κ2) is 23.7. The number of hydrogen-bond donors (Lipinski definition) is 8. The fourth-order valence-corrected chi connectivity index (χ4v) is 4.26. The van der Waals surface area contributed by atoms with E-state index in [0.29, 0.717) is 45.2 Å². The Hall–Kier alpha value is -4.61. The van der Waals surface area contributed by atoms with Crippen LogP contribution in [0.25, 0.3) is 0 Å². The summed E-state index contributed by atoms with van der Waals surface area (Å²) in [6.07, 6.45) is 2.99. The number of primary amides is 1. The normalized spacial score (nSPS) is 14.7. The molecule has 0 radical (unpaired) electrons. The maximum atomic E-state index is 13.1. The standard InChI is InChI=1S/C21H39N9O6.C7H8.CH3NO/c1-13(25-2)19(35)27-15(10-18(33)34)20(36)29-11-17(32)30(28-29)16(7-3-4-8-22)14(12-31)6-5-9-26-21(23)24;1-7-5-3-2-4-6-7;2-1-3/h12-16,25,28H,3-11,22H2,1-2H3,(H,27,35)(H,33,34)(H4,23,24,26);2-6H,1H3;1H,(H2,2,3). The van der Waals surface area contributed by atoms with Crippen molar-refractivity contribution in [1.29, 1.82) is 0 Å². The minimum atomic E-state index is -1.40. The van der Waals surface area contributed by atoms with Crippen molar-refractivity contribution in [3.63, 3.8) is 0 Å². The van der Waals surface area contributed by atoms with Gasteiger partial charge in [0.25, 0.3) is 11.8 Å². The quantitative estimate of drug-likeness (QED) is 0.0397. The topological polar surface area (TPSA) is 282 Å². The lowest BCUT2D eigenvalue weighted by Crippen LogP contribution is -2.57. The minimum absolute atomic E-state index is 0.0604. The second-order valence-electron chi connectivity index (χ2n) is 10.3. The van der Waals surface area contributed by atoms with Crippen LogP contribution >= 0.6 is 0 Å². The molecule has 4 amide bonds. The van der Waals surface area contributed by atoms with Gasteiger partial charge in [-0.3, -0.25) is 34.0 Å². The average Bonchev–Trinajstić information content (AvgIpc) is 3.40. The van der Waals surface area contributed by atoms with E-state index < -0.39 is 54.2 Å². The third-order valence-corrected chi connectivity index (χ3v) is 6.76. The first-order valence-corrected chi connectivity index (χ1v) is 14.8. The first-order valence-electron chi connectivity index (χ1n) is 14.8. The Morgan fingerprint density at radius 2 is 1.74 bits per heavy atom. The molecule has 0 saturated carbocycles. The molecule has 12 N–H and O–H groups in total. The third-order valence-electron chi connectivity index (χ3n) is 6.76. The number of carboxylic acid groups (broad SMARTS) is 1. The highest BCUT2D eigenvalue weighted by atomic mass is 16.4. The van der Waals surface area contributed by atoms with E-state index in [1.165, 1.54) is 10.6 Å². The van der Waals surface area contributed by atoms with Gasteiger partial charge in [0.1, 0.15) is 18.9 Å². The molecule has 1 aromatic rings. The number of unbranched alkanes of at least 4 members (excludes halogenated alkanes) is 1. The molecule has 0 aliphatic carbocycles. The number of benzene rings is 1. The van der Waals surface area contributed by atoms with Crippen molar-refractivity contribution in [3.8, 4) is 0 Å². The van der Waals surface area contributed by atoms with Crippen molar-refractivity contribution in [2.24, 2.45) is 33.8 Å². The predicted octanol–water partition coefficient (Wildman–Crippen LogP) is -1.89. The number of nitrogens with zero attached hydrogens (tertiary/aromatic N) is 3. The lowest BCUT2D eigenvalue weighted by molar-refractivity contribution is -0.146. The van der Waals surface area contributed by atoms with Gasteiger partial charge in [0.2, 0.25) is 12.3 Å². The van der Waals surface area contributed by atoms with E-state index in [1.807, 2.05) is 18.2 Å². The number of aliphatic imine (C=N–C) groups is 1. The molecule has 0 spiro atoms. The lowest BCUT2D eigenvalue weighted by Gasteiger charge is -2.32. The van der Waals surface area contributed by atoms with Crippen LogP contribution in [0.15, 0.2) is 35.3 Å². The van der Waals surface area contributed by atoms with Gasteiger partial charge in [-0.15, -0.1) is 5.53 Å². The Bertz CT molecular complexity index is 1120. The molecule has 17 heteroatoms. The molecule has 46 heavy (non-hydrogen) atoms. The van der Waals surface area contributed by atoms with Crippen molar-refractivity contribution in [2.75, 3.05) is 26.7 Å². The number of nitrogens with two attached hydrogens (primary N) is 4. The van der Waals surface area contributed by atoms with Gasteiger partial charge in [-0.25, -0.2) is 5.01 Å². The number of guanidine groups is 1. The summed E-state index contributed by atoms with van der Waals surface area (Å²) < 4.78 is 0. The molecular formula is C29H50N10O7. The summed E-state index contributed by atoms with van der Waals surface area (Å²) in [6, 6.07) is 7.61. The number of rotatable bonds is 17. The SMILES string of the molecule is CNC(C)C(=O)NC(CC(=O)O)C(=O)N1CC(=O)N(C(CCCCN)C(C=O)CCCN=C(N)N)N1.Cc1ccccc1.NC=O. The molecule has 17 nitrogen and oxygen atoms in total. The Morgan fingerprint density at radius 3 is 2.22 bits per heavy atom. The van der Waals surface area contributed by atoms with E-state index in [4.69, 9.17) is 22.0 Å². The summed E-state index contributed by atoms with van der Waals surface area (Å²) in [5.41, 5.74) is 24.5. The third kappa shape index (κ3) is 16.5. The van der Waals surface area contributed by atoms with Crippen LogP contribution in [-0.4, -0.2) is 102 Å². The summed E-state index contributed by atoms with van der Waals surface area (Å²) >= 11 is 0. The minimum Gasteiger partial charge on any atom is -0.481 e. The summed E-state index contributed by atoms with van der Waals surface area (Å²) in [6.45, 7) is 4.00. The summed E-state index contributed by atoms with van der Waals surface area (Å²) in [5.74, 6) is -3.76. The van der Waals surface area contributed by atoms with Crippen LogP contribution in [0.3, 0.4) is 0 Å². The molecule has 4 atom stereocenters. The molecule has 4 unspecified atom stereocenters. The predicted molar refractivity (Wildman–Crippen MR) is 172 cm³/mol. The first-order chi connectivity index (χ1) is 21.9. The van der Waals surface area contributed by atoms with E-state index in [2.05, 4.69) is 46.0 Å².